The predicted octanol–water partition coefficient (Wildman–Crippen LogP) is 2.68. The number of benzene rings is 2. The zero-order valence-electron chi connectivity index (χ0n) is 15.5. The van der Waals surface area contributed by atoms with Crippen LogP contribution in [0.25, 0.3) is 22.0 Å². The summed E-state index contributed by atoms with van der Waals surface area (Å²) < 4.78 is 6.39. The number of carboxylic acid groups (broad SMARTS) is 1. The summed E-state index contributed by atoms with van der Waals surface area (Å²) in [6.07, 6.45) is 2.75. The molecule has 0 saturated heterocycles. The molecule has 2 N–H and O–H groups in total. The van der Waals surface area contributed by atoms with Crippen molar-refractivity contribution in [2.24, 2.45) is 0 Å². The third-order valence-electron chi connectivity index (χ3n) is 4.90. The van der Waals surface area contributed by atoms with E-state index in [1.807, 2.05) is 42.5 Å². The number of pyridine rings is 1. The van der Waals surface area contributed by atoms with Gasteiger partial charge in [-0.05, 0) is 16.3 Å². The summed E-state index contributed by atoms with van der Waals surface area (Å²) in [4.78, 5) is 36.1. The second-order valence-electron chi connectivity index (χ2n) is 6.61. The Morgan fingerprint density at radius 3 is 2.69 bits per heavy atom. The molecule has 0 unspecified atom stereocenters. The summed E-state index contributed by atoms with van der Waals surface area (Å²) in [5, 5.41) is 17.6. The van der Waals surface area contributed by atoms with E-state index in [1.54, 1.807) is 4.57 Å². The molecule has 0 bridgehead atoms. The van der Waals surface area contributed by atoms with Crippen LogP contribution in [0.4, 0.5) is 0 Å². The lowest BCUT2D eigenvalue weighted by Gasteiger charge is -2.23. The fourth-order valence-electron chi connectivity index (χ4n) is 3.58. The van der Waals surface area contributed by atoms with Gasteiger partial charge in [-0.25, -0.2) is 9.89 Å². The van der Waals surface area contributed by atoms with Crippen molar-refractivity contribution in [1.29, 1.82) is 0 Å². The lowest BCUT2D eigenvalue weighted by molar-refractivity contribution is -0.137. The van der Waals surface area contributed by atoms with Gasteiger partial charge in [0, 0.05) is 12.4 Å². The lowest BCUT2D eigenvalue weighted by atomic mass is 9.96. The molecule has 2 aliphatic rings. The van der Waals surface area contributed by atoms with E-state index in [9.17, 15) is 19.5 Å². The molecule has 2 aromatic carbocycles. The minimum absolute atomic E-state index is 0.0824. The highest BCUT2D eigenvalue weighted by atomic mass is 16.5. The highest BCUT2D eigenvalue weighted by Gasteiger charge is 2.26. The van der Waals surface area contributed by atoms with Gasteiger partial charge in [0.25, 0.3) is 5.56 Å². The Balaban J connectivity index is 1.99. The van der Waals surface area contributed by atoms with Crippen molar-refractivity contribution in [2.75, 3.05) is 7.11 Å². The van der Waals surface area contributed by atoms with Crippen LogP contribution in [-0.4, -0.2) is 38.9 Å². The minimum Gasteiger partial charge on any atom is -0.481 e. The van der Waals surface area contributed by atoms with Gasteiger partial charge < -0.3 is 14.4 Å². The van der Waals surface area contributed by atoms with Gasteiger partial charge >= 0.3 is 11.9 Å². The number of ether oxygens (including phenoxy) is 1. The van der Waals surface area contributed by atoms with Crippen molar-refractivity contribution in [3.05, 3.63) is 76.3 Å². The monoisotopic (exact) mass is 391 g/mol. The number of nitrogens with zero attached hydrogens (tertiary/aromatic N) is 2. The molecular weight excluding hydrogens is 374 g/mol. The molecule has 2 aromatic rings. The van der Waals surface area contributed by atoms with Crippen LogP contribution in [0.3, 0.4) is 0 Å². The van der Waals surface area contributed by atoms with Crippen LogP contribution in [0.2, 0.25) is 0 Å². The largest absolute Gasteiger partial charge is 0.481 e. The van der Waals surface area contributed by atoms with E-state index < -0.39 is 23.5 Å². The van der Waals surface area contributed by atoms with Crippen LogP contribution < -0.4 is 5.56 Å². The van der Waals surface area contributed by atoms with Crippen LogP contribution in [-0.2, 0) is 9.53 Å². The quantitative estimate of drug-likeness (QED) is 0.506. The fourth-order valence-corrected chi connectivity index (χ4v) is 3.58. The molecule has 2 heterocycles. The molecular formula is C21H17N3O5. The predicted molar refractivity (Wildman–Crippen MR) is 105 cm³/mol. The zero-order chi connectivity index (χ0) is 20.5. The van der Waals surface area contributed by atoms with Crippen molar-refractivity contribution >= 4 is 22.7 Å². The Morgan fingerprint density at radius 2 is 1.93 bits per heavy atom. The number of aromatic amines is 1. The molecule has 8 nitrogen and oxygen atoms in total. The third-order valence-corrected chi connectivity index (χ3v) is 4.90. The molecule has 4 rings (SSSR count). The molecule has 0 fully saturated rings. The van der Waals surface area contributed by atoms with E-state index in [1.165, 1.54) is 19.5 Å². The van der Waals surface area contributed by atoms with E-state index in [2.05, 4.69) is 10.2 Å². The summed E-state index contributed by atoms with van der Waals surface area (Å²) in [6, 6.07) is 12.6. The maximum absolute atomic E-state index is 12.3. The molecule has 146 valence electrons. The van der Waals surface area contributed by atoms with Crippen LogP contribution in [0.5, 0.6) is 0 Å². The molecule has 0 amide bonds. The van der Waals surface area contributed by atoms with Crippen LogP contribution in [0.15, 0.2) is 59.7 Å². The number of hydrogen-bond acceptors (Lipinski definition) is 5. The molecule has 29 heavy (non-hydrogen) atoms. The molecule has 8 heteroatoms. The molecule has 0 aromatic heterocycles. The summed E-state index contributed by atoms with van der Waals surface area (Å²) in [6.45, 7) is 0. The Kier molecular flexibility index (Phi) is 4.59. The molecule has 0 saturated carbocycles. The van der Waals surface area contributed by atoms with E-state index in [0.29, 0.717) is 0 Å². The fraction of sp³-hybridized carbons (Fsp3) is 0.143. The van der Waals surface area contributed by atoms with Gasteiger partial charge in [-0.2, -0.15) is 5.10 Å². The molecule has 0 aliphatic carbocycles. The SMILES string of the molecule is COC(=O)c1cn([C@@H](CC(=O)O)c2cccc3ccccc23)cc2c(=O)[nH]nc1-2. The second kappa shape index (κ2) is 7.23. The van der Waals surface area contributed by atoms with E-state index in [-0.39, 0.29) is 23.2 Å². The first-order chi connectivity index (χ1) is 14.0. The van der Waals surface area contributed by atoms with Crippen molar-refractivity contribution in [3.63, 3.8) is 0 Å². The number of aromatic nitrogens is 3. The molecule has 1 atom stereocenters. The van der Waals surface area contributed by atoms with Gasteiger partial charge in [-0.15, -0.1) is 0 Å². The van der Waals surface area contributed by atoms with Crippen molar-refractivity contribution in [1.82, 2.24) is 14.8 Å². The van der Waals surface area contributed by atoms with Crippen molar-refractivity contribution < 1.29 is 19.4 Å². The Bertz CT molecular complexity index is 1250. The Labute approximate surface area is 164 Å². The van der Waals surface area contributed by atoms with Crippen molar-refractivity contribution in [3.8, 4) is 11.3 Å². The number of nitrogens with one attached hydrogen (secondary N) is 1. The first-order valence-corrected chi connectivity index (χ1v) is 8.87. The smallest absolute Gasteiger partial charge is 0.341 e. The number of fused-ring (bicyclic) bond motifs is 2. The van der Waals surface area contributed by atoms with Crippen molar-refractivity contribution in [2.45, 2.75) is 12.5 Å². The van der Waals surface area contributed by atoms with Gasteiger partial charge in [0.1, 0.15) is 11.3 Å². The summed E-state index contributed by atoms with van der Waals surface area (Å²) >= 11 is 0. The van der Waals surface area contributed by atoms with Crippen LogP contribution in [0.1, 0.15) is 28.4 Å². The van der Waals surface area contributed by atoms with Gasteiger partial charge in [-0.3, -0.25) is 9.59 Å². The maximum atomic E-state index is 12.3. The topological polar surface area (TPSA) is 114 Å². The highest BCUT2D eigenvalue weighted by molar-refractivity contribution is 5.96. The number of rotatable bonds is 5. The molecule has 0 radical (unpaired) electrons. The number of esters is 1. The van der Waals surface area contributed by atoms with Gasteiger partial charge in [-0.1, -0.05) is 42.5 Å². The number of carboxylic acids is 1. The van der Waals surface area contributed by atoms with Gasteiger partial charge in [0.15, 0.2) is 0 Å². The minimum atomic E-state index is -1.01. The average molecular weight is 391 g/mol. The van der Waals surface area contributed by atoms with Gasteiger partial charge in [0.2, 0.25) is 0 Å². The second-order valence-corrected chi connectivity index (χ2v) is 6.61. The maximum Gasteiger partial charge on any atom is 0.341 e. The first kappa shape index (κ1) is 18.4. The normalized spacial score (nSPS) is 12.2. The summed E-state index contributed by atoms with van der Waals surface area (Å²) in [7, 11) is 1.23. The number of carbonyl (C=O) groups is 2. The van der Waals surface area contributed by atoms with E-state index in [4.69, 9.17) is 4.74 Å². The third kappa shape index (κ3) is 3.25. The summed E-state index contributed by atoms with van der Waals surface area (Å²) in [5.74, 6) is -1.67. The number of aliphatic carboxylic acids is 1. The zero-order valence-corrected chi connectivity index (χ0v) is 15.5. The average Bonchev–Trinajstić information content (AvgIpc) is 3.11. The van der Waals surface area contributed by atoms with Crippen LogP contribution in [0, 0.1) is 0 Å². The number of H-pyrrole nitrogens is 1. The molecule has 2 aliphatic heterocycles. The molecule has 0 spiro atoms. The highest BCUT2D eigenvalue weighted by Crippen LogP contribution is 2.32. The van der Waals surface area contributed by atoms with Gasteiger partial charge in [0.05, 0.1) is 25.1 Å². The number of carbonyl (C=O) groups excluding carboxylic acids is 1. The number of methoxy groups -OCH3 is 1. The number of hydrogen-bond donors (Lipinski definition) is 2. The standard InChI is InChI=1S/C21H17N3O5/c1-29-21(28)16-11-24(10-15-19(16)22-23-20(15)27)17(9-18(25)26)14-8-4-6-12-5-2-3-7-13(12)14/h2-8,10-11,17H,9H2,1H3,(H,23,27)(H,25,26)/t17-/m0/s1. The van der Waals surface area contributed by atoms with E-state index in [0.717, 1.165) is 16.3 Å². The first-order valence-electron chi connectivity index (χ1n) is 8.87. The Morgan fingerprint density at radius 1 is 1.17 bits per heavy atom. The lowest BCUT2D eigenvalue weighted by Crippen LogP contribution is -2.19. The summed E-state index contributed by atoms with van der Waals surface area (Å²) in [5.41, 5.74) is 0.751. The van der Waals surface area contributed by atoms with Crippen LogP contribution >= 0.6 is 0 Å². The van der Waals surface area contributed by atoms with E-state index >= 15 is 0 Å². The Hall–Kier alpha value is -3.94.